The second-order valence-electron chi connectivity index (χ2n) is 6.01. The number of imidazole rings is 1. The molecule has 1 fully saturated rings. The van der Waals surface area contributed by atoms with Gasteiger partial charge in [-0.25, -0.2) is 8.96 Å². The number of halogens is 1. The molecule has 0 radical (unpaired) electrons. The number of nitrogens with zero attached hydrogens (tertiary/aromatic N) is 3. The van der Waals surface area contributed by atoms with Crippen LogP contribution in [0.2, 0.25) is 0 Å². The fourth-order valence-corrected chi connectivity index (χ4v) is 3.80. The third-order valence-electron chi connectivity index (χ3n) is 4.09. The zero-order valence-electron chi connectivity index (χ0n) is 14.3. The number of carbonyl (C=O) groups excluding carboxylic acids is 1. The number of alkyl halides is 1. The van der Waals surface area contributed by atoms with Crippen molar-refractivity contribution in [3.63, 3.8) is 0 Å². The molecule has 2 heterocycles. The van der Waals surface area contributed by atoms with Crippen LogP contribution in [0, 0.1) is 10.1 Å². The molecule has 0 spiro atoms. The van der Waals surface area contributed by atoms with E-state index in [1.807, 2.05) is 0 Å². The van der Waals surface area contributed by atoms with Crippen LogP contribution in [-0.2, 0) is 11.3 Å². The largest absolute Gasteiger partial charge is 0.434 e. The maximum atomic E-state index is 12.4. The lowest BCUT2D eigenvalue weighted by atomic mass is 10.0. The number of carbonyl (C=O) groups is 1. The molecule has 11 nitrogen and oxygen atoms in total. The molecule has 13 heteroatoms. The Kier molecular flexibility index (Phi) is 7.91. The number of thioether (sulfide) groups is 1. The Hall–Kier alpha value is -1.80. The van der Waals surface area contributed by atoms with Crippen LogP contribution in [0.3, 0.4) is 0 Å². The number of hydrogen-bond acceptors (Lipinski definition) is 9. The minimum absolute atomic E-state index is 0.264. The average Bonchev–Trinajstić information content (AvgIpc) is 3.32. The molecule has 1 aromatic heterocycles. The standard InChI is InChI=1S/C14H22FN5O6S/c15-6-9(21)11(23)10(22)8-7-27-13(18-8)12(24)16-2-1-4-19-5-3-17-14(19)20(25)26/h3,5,8-11,13,18,21-23H,1-2,4,6-7H2,(H,16,24)/t8?,9-,10+,11-,13?/m1/s1/i15-1. The first kappa shape index (κ1) is 21.5. The summed E-state index contributed by atoms with van der Waals surface area (Å²) in [6.07, 6.45) is -1.49. The fourth-order valence-electron chi connectivity index (χ4n) is 2.60. The summed E-state index contributed by atoms with van der Waals surface area (Å²) in [4.78, 5) is 25.9. The topological polar surface area (TPSA) is 163 Å². The monoisotopic (exact) mass is 406 g/mol. The third-order valence-corrected chi connectivity index (χ3v) is 5.33. The first-order valence-corrected chi connectivity index (χ1v) is 9.31. The minimum atomic E-state index is -1.69. The van der Waals surface area contributed by atoms with E-state index in [0.29, 0.717) is 18.7 Å². The summed E-state index contributed by atoms with van der Waals surface area (Å²) < 4.78 is 13.8. The van der Waals surface area contributed by atoms with E-state index in [-0.39, 0.29) is 18.4 Å². The maximum Gasteiger partial charge on any atom is 0.434 e. The highest BCUT2D eigenvalue weighted by Crippen LogP contribution is 2.22. The molecule has 2 rings (SSSR count). The van der Waals surface area contributed by atoms with Gasteiger partial charge in [0.1, 0.15) is 36.7 Å². The van der Waals surface area contributed by atoms with Gasteiger partial charge in [0.25, 0.3) is 0 Å². The Bertz CT molecular complexity index is 649. The lowest BCUT2D eigenvalue weighted by Gasteiger charge is -2.26. The number of nitrogens with one attached hydrogen (secondary N) is 2. The Balaban J connectivity index is 1.72. The van der Waals surface area contributed by atoms with Gasteiger partial charge in [-0.2, -0.15) is 0 Å². The number of rotatable bonds is 10. The van der Waals surface area contributed by atoms with Crippen molar-refractivity contribution < 1.29 is 29.4 Å². The molecule has 0 saturated carbocycles. The van der Waals surface area contributed by atoms with Crippen molar-refractivity contribution >= 4 is 23.6 Å². The normalized spacial score (nSPS) is 23.0. The van der Waals surface area contributed by atoms with Gasteiger partial charge in [-0.05, 0) is 11.3 Å². The van der Waals surface area contributed by atoms with E-state index in [4.69, 9.17) is 0 Å². The molecule has 1 saturated heterocycles. The van der Waals surface area contributed by atoms with Gasteiger partial charge in [0.05, 0.1) is 12.6 Å². The molecule has 1 amide bonds. The third kappa shape index (κ3) is 5.59. The van der Waals surface area contributed by atoms with Crippen molar-refractivity contribution in [3.8, 4) is 0 Å². The van der Waals surface area contributed by atoms with Crippen molar-refractivity contribution in [2.75, 3.05) is 19.0 Å². The van der Waals surface area contributed by atoms with Crippen molar-refractivity contribution in [2.24, 2.45) is 0 Å². The van der Waals surface area contributed by atoms with Crippen molar-refractivity contribution in [2.45, 2.75) is 42.7 Å². The highest BCUT2D eigenvalue weighted by Gasteiger charge is 2.38. The van der Waals surface area contributed by atoms with Crippen LogP contribution in [0.4, 0.5) is 10.3 Å². The fraction of sp³-hybridized carbons (Fsp3) is 0.714. The smallest absolute Gasteiger partial charge is 0.390 e. The van der Waals surface area contributed by atoms with Crippen LogP contribution in [-0.4, -0.2) is 84.4 Å². The lowest BCUT2D eigenvalue weighted by molar-refractivity contribution is -0.396. The zero-order chi connectivity index (χ0) is 20.0. The van der Waals surface area contributed by atoms with Crippen molar-refractivity contribution in [3.05, 3.63) is 22.5 Å². The van der Waals surface area contributed by atoms with Crippen LogP contribution in [0.1, 0.15) is 6.42 Å². The molecule has 1 aliphatic heterocycles. The summed E-state index contributed by atoms with van der Waals surface area (Å²) in [7, 11) is 0. The van der Waals surface area contributed by atoms with Crippen LogP contribution in [0.15, 0.2) is 12.4 Å². The Morgan fingerprint density at radius 3 is 2.96 bits per heavy atom. The van der Waals surface area contributed by atoms with E-state index in [9.17, 15) is 34.6 Å². The van der Waals surface area contributed by atoms with Crippen LogP contribution < -0.4 is 10.6 Å². The van der Waals surface area contributed by atoms with Crippen LogP contribution in [0.25, 0.3) is 0 Å². The van der Waals surface area contributed by atoms with Gasteiger partial charge in [-0.1, -0.05) is 4.98 Å². The number of hydrogen-bond donors (Lipinski definition) is 5. The van der Waals surface area contributed by atoms with E-state index < -0.39 is 41.3 Å². The summed E-state index contributed by atoms with van der Waals surface area (Å²) >= 11 is 1.21. The number of amides is 1. The molecule has 1 aromatic rings. The lowest BCUT2D eigenvalue weighted by Crippen LogP contribution is -2.52. The first-order valence-electron chi connectivity index (χ1n) is 8.26. The molecule has 5 atom stereocenters. The summed E-state index contributed by atoms with van der Waals surface area (Å²) in [5.74, 6) is -0.299. The molecule has 0 aromatic carbocycles. The predicted molar refractivity (Wildman–Crippen MR) is 93.7 cm³/mol. The summed E-state index contributed by atoms with van der Waals surface area (Å²) in [5, 5.41) is 44.5. The quantitative estimate of drug-likeness (QED) is 0.175. The zero-order valence-corrected chi connectivity index (χ0v) is 15.1. The molecule has 27 heavy (non-hydrogen) atoms. The summed E-state index contributed by atoms with van der Waals surface area (Å²) in [6.45, 7) is -0.586. The Morgan fingerprint density at radius 2 is 2.30 bits per heavy atom. The number of nitro groups is 1. The number of aliphatic hydroxyl groups excluding tert-OH is 3. The van der Waals surface area contributed by atoms with Crippen molar-refractivity contribution in [1.29, 1.82) is 0 Å². The van der Waals surface area contributed by atoms with Gasteiger partial charge in [0, 0.05) is 18.3 Å². The SMILES string of the molecule is O=C(NCCCn1ccnc1[N+](=O)[O-])C1NC([C@H](O)[C@H](O)[C@H](O)C[18F])CS1. The molecule has 5 N–H and O–H groups in total. The molecule has 1 aliphatic rings. The van der Waals surface area contributed by atoms with Crippen LogP contribution in [0.5, 0.6) is 0 Å². The number of aryl methyl sites for hydroxylation is 1. The summed E-state index contributed by atoms with van der Waals surface area (Å²) in [6, 6.07) is -0.671. The molecule has 0 bridgehead atoms. The highest BCUT2D eigenvalue weighted by atomic mass is 32.2. The predicted octanol–water partition coefficient (Wildman–Crippen LogP) is -1.62. The molecular weight excluding hydrogens is 384 g/mol. The van der Waals surface area contributed by atoms with Gasteiger partial charge in [-0.3, -0.25) is 10.1 Å². The second-order valence-corrected chi connectivity index (χ2v) is 7.15. The van der Waals surface area contributed by atoms with E-state index in [1.165, 1.54) is 28.7 Å². The van der Waals surface area contributed by atoms with E-state index in [1.54, 1.807) is 0 Å². The van der Waals surface area contributed by atoms with Gasteiger partial charge >= 0.3 is 5.95 Å². The Morgan fingerprint density at radius 1 is 1.56 bits per heavy atom. The van der Waals surface area contributed by atoms with Gasteiger partial charge in [0.2, 0.25) is 5.91 Å². The van der Waals surface area contributed by atoms with E-state index in [0.717, 1.165) is 0 Å². The number of aliphatic hydroxyl groups is 3. The minimum Gasteiger partial charge on any atom is -0.390 e. The van der Waals surface area contributed by atoms with E-state index in [2.05, 4.69) is 15.6 Å². The Labute approximate surface area is 158 Å². The molecule has 152 valence electrons. The summed E-state index contributed by atoms with van der Waals surface area (Å²) in [5.41, 5.74) is 0. The van der Waals surface area contributed by atoms with Gasteiger partial charge in [-0.15, -0.1) is 11.8 Å². The number of aromatic nitrogens is 2. The average molecular weight is 406 g/mol. The van der Waals surface area contributed by atoms with E-state index >= 15 is 0 Å². The molecular formula is C14H22FN5O6S. The first-order chi connectivity index (χ1) is 12.8. The highest BCUT2D eigenvalue weighted by molar-refractivity contribution is 8.00. The maximum absolute atomic E-state index is 12.4. The second kappa shape index (κ2) is 9.94. The van der Waals surface area contributed by atoms with Crippen LogP contribution >= 0.6 is 11.8 Å². The molecule has 2 unspecified atom stereocenters. The molecule has 0 aliphatic carbocycles. The van der Waals surface area contributed by atoms with Gasteiger partial charge in [0.15, 0.2) is 0 Å². The van der Waals surface area contributed by atoms with Gasteiger partial charge < -0.3 is 30.8 Å². The van der Waals surface area contributed by atoms with Crippen molar-refractivity contribution in [1.82, 2.24) is 20.2 Å².